The average Bonchev–Trinajstić information content (AvgIpc) is 3.09. The summed E-state index contributed by atoms with van der Waals surface area (Å²) in [6, 6.07) is 2.34. The Morgan fingerprint density at radius 3 is 2.41 bits per heavy atom. The van der Waals surface area contributed by atoms with E-state index in [1.807, 2.05) is 0 Å². The Morgan fingerprint density at radius 1 is 1.14 bits per heavy atom. The minimum Gasteiger partial charge on any atom is -0.334 e. The highest BCUT2D eigenvalue weighted by molar-refractivity contribution is 9.10. The normalized spacial score (nSPS) is 22.5. The Kier molecular flexibility index (Phi) is 4.78. The zero-order valence-corrected chi connectivity index (χ0v) is 13.9. The van der Waals surface area contributed by atoms with Crippen molar-refractivity contribution in [3.05, 3.63) is 33.8 Å². The minimum absolute atomic E-state index is 0.0630. The van der Waals surface area contributed by atoms with Crippen molar-refractivity contribution < 1.29 is 13.6 Å². The molecule has 2 aliphatic rings. The molecule has 0 aliphatic carbocycles. The van der Waals surface area contributed by atoms with Crippen LogP contribution in [0.1, 0.15) is 36.0 Å². The van der Waals surface area contributed by atoms with E-state index >= 15 is 0 Å². The van der Waals surface area contributed by atoms with Gasteiger partial charge in [0.05, 0.1) is 0 Å². The number of likely N-dealkylation sites (tertiary alicyclic amines) is 2. The number of hydrogen-bond acceptors (Lipinski definition) is 2. The smallest absolute Gasteiger partial charge is 0.260 e. The van der Waals surface area contributed by atoms with E-state index < -0.39 is 23.1 Å². The van der Waals surface area contributed by atoms with E-state index in [0.717, 1.165) is 44.6 Å². The number of hydrogen-bond donors (Lipinski definition) is 0. The van der Waals surface area contributed by atoms with Crippen LogP contribution in [0.4, 0.5) is 8.78 Å². The van der Waals surface area contributed by atoms with Crippen LogP contribution in [0, 0.1) is 11.6 Å². The highest BCUT2D eigenvalue weighted by Gasteiger charge is 2.33. The van der Waals surface area contributed by atoms with E-state index in [1.165, 1.54) is 12.8 Å². The molecular weight excluding hydrogens is 354 g/mol. The fraction of sp³-hybridized carbons (Fsp3) is 0.562. The van der Waals surface area contributed by atoms with Crippen LogP contribution < -0.4 is 0 Å². The van der Waals surface area contributed by atoms with E-state index in [-0.39, 0.29) is 6.04 Å². The summed E-state index contributed by atoms with van der Waals surface area (Å²) in [4.78, 5) is 16.6. The number of carbonyl (C=O) groups excluding carboxylic acids is 1. The second-order valence-corrected chi connectivity index (χ2v) is 6.96. The van der Waals surface area contributed by atoms with E-state index in [1.54, 1.807) is 4.90 Å². The molecule has 1 aromatic rings. The van der Waals surface area contributed by atoms with Crippen LogP contribution in [0.3, 0.4) is 0 Å². The van der Waals surface area contributed by atoms with Gasteiger partial charge in [0.1, 0.15) is 17.2 Å². The third kappa shape index (κ3) is 3.18. The van der Waals surface area contributed by atoms with Gasteiger partial charge in [-0.25, -0.2) is 8.78 Å². The molecule has 0 bridgehead atoms. The maximum absolute atomic E-state index is 14.0. The molecule has 2 saturated heterocycles. The standard InChI is InChI=1S/C16H19BrF2N2O/c17-11-8-13(18)15(14(19)9-11)16(22)21-7-3-4-12(21)10-20-5-1-2-6-20/h8-9,12H,1-7,10H2/t12-/m0/s1. The molecule has 120 valence electrons. The largest absolute Gasteiger partial charge is 0.334 e. The van der Waals surface area contributed by atoms with E-state index in [4.69, 9.17) is 0 Å². The van der Waals surface area contributed by atoms with Gasteiger partial charge in [0.2, 0.25) is 0 Å². The molecule has 3 nitrogen and oxygen atoms in total. The molecule has 2 aliphatic heterocycles. The van der Waals surface area contributed by atoms with Crippen molar-refractivity contribution in [1.29, 1.82) is 0 Å². The van der Waals surface area contributed by atoms with Crippen LogP contribution >= 0.6 is 15.9 Å². The van der Waals surface area contributed by atoms with Crippen molar-refractivity contribution in [2.45, 2.75) is 31.7 Å². The number of carbonyl (C=O) groups is 1. The lowest BCUT2D eigenvalue weighted by molar-refractivity contribution is 0.0699. The molecule has 0 unspecified atom stereocenters. The Hall–Kier alpha value is -1.01. The van der Waals surface area contributed by atoms with Crippen LogP contribution in [0.15, 0.2) is 16.6 Å². The number of halogens is 3. The third-order valence-electron chi connectivity index (χ3n) is 4.53. The van der Waals surface area contributed by atoms with Crippen molar-refractivity contribution in [1.82, 2.24) is 9.80 Å². The molecule has 2 fully saturated rings. The van der Waals surface area contributed by atoms with E-state index in [0.29, 0.717) is 11.0 Å². The van der Waals surface area contributed by atoms with Crippen LogP contribution in [0.5, 0.6) is 0 Å². The number of benzene rings is 1. The summed E-state index contributed by atoms with van der Waals surface area (Å²) >= 11 is 3.04. The molecule has 0 saturated carbocycles. The molecule has 1 amide bonds. The Balaban J connectivity index is 1.78. The Labute approximate surface area is 137 Å². The Morgan fingerprint density at radius 2 is 1.77 bits per heavy atom. The molecule has 3 rings (SSSR count). The van der Waals surface area contributed by atoms with Gasteiger partial charge in [0.25, 0.3) is 5.91 Å². The number of nitrogens with zero attached hydrogens (tertiary/aromatic N) is 2. The van der Waals surface area contributed by atoms with Crippen molar-refractivity contribution in [2.24, 2.45) is 0 Å². The summed E-state index contributed by atoms with van der Waals surface area (Å²) in [6.07, 6.45) is 4.18. The average molecular weight is 373 g/mol. The van der Waals surface area contributed by atoms with Gasteiger partial charge >= 0.3 is 0 Å². The molecule has 0 aromatic heterocycles. The summed E-state index contributed by atoms with van der Waals surface area (Å²) in [5, 5.41) is 0. The maximum Gasteiger partial charge on any atom is 0.260 e. The molecular formula is C16H19BrF2N2O. The second kappa shape index (κ2) is 6.62. The van der Waals surface area contributed by atoms with Crippen molar-refractivity contribution in [3.63, 3.8) is 0 Å². The van der Waals surface area contributed by atoms with Crippen LogP contribution in [-0.4, -0.2) is 47.9 Å². The van der Waals surface area contributed by atoms with Gasteiger partial charge in [-0.1, -0.05) is 15.9 Å². The van der Waals surface area contributed by atoms with Gasteiger partial charge in [-0.15, -0.1) is 0 Å². The molecule has 6 heteroatoms. The zero-order chi connectivity index (χ0) is 15.7. The predicted octanol–water partition coefficient (Wildman–Crippen LogP) is 3.43. The summed E-state index contributed by atoms with van der Waals surface area (Å²) in [5.41, 5.74) is -0.434. The zero-order valence-electron chi connectivity index (χ0n) is 12.3. The highest BCUT2D eigenvalue weighted by Crippen LogP contribution is 2.26. The lowest BCUT2D eigenvalue weighted by Gasteiger charge is -2.28. The maximum atomic E-state index is 14.0. The Bertz CT molecular complexity index is 552. The molecule has 1 atom stereocenters. The fourth-order valence-corrected chi connectivity index (χ4v) is 3.85. The highest BCUT2D eigenvalue weighted by atomic mass is 79.9. The van der Waals surface area contributed by atoms with Gasteiger partial charge in [0, 0.05) is 23.6 Å². The fourth-order valence-electron chi connectivity index (χ4n) is 3.45. The second-order valence-electron chi connectivity index (χ2n) is 6.05. The summed E-state index contributed by atoms with van der Waals surface area (Å²) < 4.78 is 28.3. The first-order chi connectivity index (χ1) is 10.6. The lowest BCUT2D eigenvalue weighted by atomic mass is 10.1. The van der Waals surface area contributed by atoms with Crippen molar-refractivity contribution in [3.8, 4) is 0 Å². The minimum atomic E-state index is -0.802. The quantitative estimate of drug-likeness (QED) is 0.811. The van der Waals surface area contributed by atoms with Gasteiger partial charge in [0.15, 0.2) is 0 Å². The first-order valence-corrected chi connectivity index (χ1v) is 8.53. The van der Waals surface area contributed by atoms with Gasteiger partial charge in [-0.3, -0.25) is 4.79 Å². The summed E-state index contributed by atoms with van der Waals surface area (Å²) in [6.45, 7) is 3.50. The summed E-state index contributed by atoms with van der Waals surface area (Å²) in [7, 11) is 0. The molecule has 22 heavy (non-hydrogen) atoms. The van der Waals surface area contributed by atoms with Gasteiger partial charge in [-0.2, -0.15) is 0 Å². The number of amides is 1. The molecule has 0 N–H and O–H groups in total. The van der Waals surface area contributed by atoms with E-state index in [2.05, 4.69) is 20.8 Å². The first-order valence-electron chi connectivity index (χ1n) is 7.74. The molecule has 2 heterocycles. The molecule has 0 spiro atoms. The number of rotatable bonds is 3. The molecule has 0 radical (unpaired) electrons. The lowest BCUT2D eigenvalue weighted by Crippen LogP contribution is -2.43. The van der Waals surface area contributed by atoms with Crippen LogP contribution in [0.25, 0.3) is 0 Å². The van der Waals surface area contributed by atoms with Crippen molar-refractivity contribution in [2.75, 3.05) is 26.2 Å². The first kappa shape index (κ1) is 15.9. The summed E-state index contributed by atoms with van der Waals surface area (Å²) in [5.74, 6) is -2.13. The van der Waals surface area contributed by atoms with Crippen molar-refractivity contribution >= 4 is 21.8 Å². The van der Waals surface area contributed by atoms with Crippen LogP contribution in [0.2, 0.25) is 0 Å². The SMILES string of the molecule is O=C(c1c(F)cc(Br)cc1F)N1CCC[C@H]1CN1CCCC1. The monoisotopic (exact) mass is 372 g/mol. The third-order valence-corrected chi connectivity index (χ3v) is 4.98. The predicted molar refractivity (Wildman–Crippen MR) is 83.8 cm³/mol. The van der Waals surface area contributed by atoms with Crippen LogP contribution in [-0.2, 0) is 0 Å². The van der Waals surface area contributed by atoms with Gasteiger partial charge < -0.3 is 9.80 Å². The molecule has 1 aromatic carbocycles. The van der Waals surface area contributed by atoms with E-state index in [9.17, 15) is 13.6 Å². The van der Waals surface area contributed by atoms with Gasteiger partial charge in [-0.05, 0) is 50.9 Å². The topological polar surface area (TPSA) is 23.6 Å².